The third kappa shape index (κ3) is 1.19. The van der Waals surface area contributed by atoms with Crippen LogP contribution in [0.5, 0.6) is 0 Å². The molecular weight excluding hydrogens is 174 g/mol. The molecule has 13 heavy (non-hydrogen) atoms. The van der Waals surface area contributed by atoms with Crippen LogP contribution in [0.15, 0.2) is 0 Å². The smallest absolute Gasteiger partial charge is 0.267 e. The summed E-state index contributed by atoms with van der Waals surface area (Å²) in [5.74, 6) is -2.48. The van der Waals surface area contributed by atoms with Gasteiger partial charge in [0.2, 0.25) is 0 Å². The number of alkyl halides is 2. The fraction of sp³-hybridized carbons (Fsp3) is 1.00. The molecule has 0 atom stereocenters. The quantitative estimate of drug-likeness (QED) is 0.615. The van der Waals surface area contributed by atoms with Crippen LogP contribution in [0.4, 0.5) is 8.78 Å². The molecule has 0 aromatic rings. The number of hydrogen-bond acceptors (Lipinski definition) is 2. The van der Waals surface area contributed by atoms with Crippen molar-refractivity contribution in [3.05, 3.63) is 0 Å². The molecule has 0 saturated carbocycles. The maximum atomic E-state index is 13.7. The van der Waals surface area contributed by atoms with Crippen LogP contribution >= 0.6 is 0 Å². The second-order valence-electron chi connectivity index (χ2n) is 4.16. The summed E-state index contributed by atoms with van der Waals surface area (Å²) in [6, 6.07) is 0. The van der Waals surface area contributed by atoms with Crippen molar-refractivity contribution in [2.75, 3.05) is 26.7 Å². The van der Waals surface area contributed by atoms with Crippen LogP contribution in [0.3, 0.4) is 0 Å². The van der Waals surface area contributed by atoms with Gasteiger partial charge >= 0.3 is 0 Å². The van der Waals surface area contributed by atoms with E-state index in [2.05, 4.69) is 5.32 Å². The molecule has 0 aliphatic carbocycles. The first kappa shape index (κ1) is 9.34. The molecule has 0 amide bonds. The maximum absolute atomic E-state index is 13.7. The first-order valence-electron chi connectivity index (χ1n) is 4.88. The van der Waals surface area contributed by atoms with Gasteiger partial charge in [-0.1, -0.05) is 0 Å². The van der Waals surface area contributed by atoms with Gasteiger partial charge < -0.3 is 5.32 Å². The van der Waals surface area contributed by atoms with E-state index in [0.29, 0.717) is 19.4 Å². The van der Waals surface area contributed by atoms with Crippen molar-refractivity contribution < 1.29 is 8.78 Å². The van der Waals surface area contributed by atoms with Gasteiger partial charge in [0.05, 0.1) is 5.54 Å². The highest BCUT2D eigenvalue weighted by Gasteiger charge is 2.59. The predicted molar refractivity (Wildman–Crippen MR) is 47.0 cm³/mol. The SMILES string of the molecule is CN1CCC(F)(F)C12CCNCC2. The topological polar surface area (TPSA) is 15.3 Å². The number of halogens is 2. The third-order valence-corrected chi connectivity index (χ3v) is 3.60. The number of likely N-dealkylation sites (tertiary alicyclic amines) is 1. The lowest BCUT2D eigenvalue weighted by atomic mass is 9.83. The molecule has 0 bridgehead atoms. The normalized spacial score (nSPS) is 32.5. The molecule has 0 radical (unpaired) electrons. The lowest BCUT2D eigenvalue weighted by molar-refractivity contribution is -0.104. The lowest BCUT2D eigenvalue weighted by Crippen LogP contribution is -2.57. The number of piperidine rings is 1. The molecule has 76 valence electrons. The van der Waals surface area contributed by atoms with Gasteiger partial charge in [-0.05, 0) is 33.0 Å². The second-order valence-corrected chi connectivity index (χ2v) is 4.16. The van der Waals surface area contributed by atoms with Crippen molar-refractivity contribution in [2.45, 2.75) is 30.7 Å². The highest BCUT2D eigenvalue weighted by Crippen LogP contribution is 2.47. The molecule has 4 heteroatoms. The zero-order chi connectivity index (χ0) is 9.53. The predicted octanol–water partition coefficient (Wildman–Crippen LogP) is 1.08. The molecule has 0 aromatic carbocycles. The lowest BCUT2D eigenvalue weighted by Gasteiger charge is -2.43. The number of nitrogens with one attached hydrogen (secondary N) is 1. The van der Waals surface area contributed by atoms with Gasteiger partial charge in [-0.25, -0.2) is 8.78 Å². The zero-order valence-corrected chi connectivity index (χ0v) is 7.95. The van der Waals surface area contributed by atoms with Gasteiger partial charge in [0.1, 0.15) is 0 Å². The van der Waals surface area contributed by atoms with Crippen molar-refractivity contribution in [3.63, 3.8) is 0 Å². The zero-order valence-electron chi connectivity index (χ0n) is 7.95. The van der Waals surface area contributed by atoms with Crippen molar-refractivity contribution in [1.82, 2.24) is 10.2 Å². The fourth-order valence-corrected chi connectivity index (χ4v) is 2.62. The first-order valence-corrected chi connectivity index (χ1v) is 4.88. The number of hydrogen-bond donors (Lipinski definition) is 1. The molecule has 2 fully saturated rings. The third-order valence-electron chi connectivity index (χ3n) is 3.60. The molecule has 1 N–H and O–H groups in total. The van der Waals surface area contributed by atoms with Gasteiger partial charge in [0.15, 0.2) is 0 Å². The molecule has 0 unspecified atom stereocenters. The van der Waals surface area contributed by atoms with E-state index in [4.69, 9.17) is 0 Å². The molecule has 0 aromatic heterocycles. The Bertz CT molecular complexity index is 200. The summed E-state index contributed by atoms with van der Waals surface area (Å²) in [7, 11) is 1.83. The van der Waals surface area contributed by atoms with Crippen LogP contribution in [-0.2, 0) is 0 Å². The molecule has 2 nitrogen and oxygen atoms in total. The number of rotatable bonds is 0. The van der Waals surface area contributed by atoms with Gasteiger partial charge in [0.25, 0.3) is 5.92 Å². The van der Waals surface area contributed by atoms with Crippen LogP contribution in [0.1, 0.15) is 19.3 Å². The highest BCUT2D eigenvalue weighted by molar-refractivity contribution is 5.08. The Morgan fingerprint density at radius 2 is 1.77 bits per heavy atom. The van der Waals surface area contributed by atoms with Crippen molar-refractivity contribution >= 4 is 0 Å². The van der Waals surface area contributed by atoms with Crippen LogP contribution in [0.25, 0.3) is 0 Å². The van der Waals surface area contributed by atoms with Crippen LogP contribution in [0.2, 0.25) is 0 Å². The second kappa shape index (κ2) is 2.89. The summed E-state index contributed by atoms with van der Waals surface area (Å²) >= 11 is 0. The van der Waals surface area contributed by atoms with Gasteiger partial charge in [0, 0.05) is 13.0 Å². The van der Waals surface area contributed by atoms with E-state index in [1.54, 1.807) is 0 Å². The van der Waals surface area contributed by atoms with E-state index in [1.807, 2.05) is 11.9 Å². The Balaban J connectivity index is 2.25. The molecule has 2 rings (SSSR count). The standard InChI is InChI=1S/C9H16F2N2/c1-13-7-4-9(10,11)8(13)2-5-12-6-3-8/h12H,2-7H2,1H3. The minimum Gasteiger partial charge on any atom is -0.317 e. The molecule has 2 aliphatic rings. The monoisotopic (exact) mass is 190 g/mol. The summed E-state index contributed by atoms with van der Waals surface area (Å²) in [6.45, 7) is 1.98. The Morgan fingerprint density at radius 3 is 2.23 bits per heavy atom. The largest absolute Gasteiger partial charge is 0.317 e. The van der Waals surface area contributed by atoms with E-state index in [1.165, 1.54) is 0 Å². The Labute approximate surface area is 77.3 Å². The summed E-state index contributed by atoms with van der Waals surface area (Å²) in [6.07, 6.45) is 1.19. The molecule has 2 heterocycles. The van der Waals surface area contributed by atoms with E-state index >= 15 is 0 Å². The summed E-state index contributed by atoms with van der Waals surface area (Å²) < 4.78 is 27.3. The van der Waals surface area contributed by atoms with Gasteiger partial charge in [-0.3, -0.25) is 4.90 Å². The van der Waals surface area contributed by atoms with Gasteiger partial charge in [-0.2, -0.15) is 0 Å². The first-order chi connectivity index (χ1) is 6.08. The van der Waals surface area contributed by atoms with Crippen molar-refractivity contribution in [3.8, 4) is 0 Å². The molecule has 1 spiro atoms. The number of nitrogens with zero attached hydrogens (tertiary/aromatic N) is 1. The Hall–Kier alpha value is -0.220. The van der Waals surface area contributed by atoms with E-state index in [-0.39, 0.29) is 6.42 Å². The average molecular weight is 190 g/mol. The Morgan fingerprint density at radius 1 is 1.15 bits per heavy atom. The Kier molecular flexibility index (Phi) is 2.07. The van der Waals surface area contributed by atoms with Crippen LogP contribution in [0, 0.1) is 0 Å². The minimum atomic E-state index is -2.48. The van der Waals surface area contributed by atoms with Crippen molar-refractivity contribution in [1.29, 1.82) is 0 Å². The van der Waals surface area contributed by atoms with Gasteiger partial charge in [-0.15, -0.1) is 0 Å². The average Bonchev–Trinajstić information content (AvgIpc) is 2.33. The summed E-state index contributed by atoms with van der Waals surface area (Å²) in [5, 5.41) is 3.13. The van der Waals surface area contributed by atoms with Crippen LogP contribution < -0.4 is 5.32 Å². The minimum absolute atomic E-state index is 0.0312. The van der Waals surface area contributed by atoms with E-state index in [0.717, 1.165) is 13.1 Å². The van der Waals surface area contributed by atoms with E-state index in [9.17, 15) is 8.78 Å². The van der Waals surface area contributed by atoms with E-state index < -0.39 is 11.5 Å². The molecular formula is C9H16F2N2. The van der Waals surface area contributed by atoms with Crippen molar-refractivity contribution in [2.24, 2.45) is 0 Å². The molecule has 2 saturated heterocycles. The summed E-state index contributed by atoms with van der Waals surface area (Å²) in [5.41, 5.74) is -0.835. The maximum Gasteiger partial charge on any atom is 0.267 e. The summed E-state index contributed by atoms with van der Waals surface area (Å²) in [4.78, 5) is 1.86. The highest BCUT2D eigenvalue weighted by atomic mass is 19.3. The van der Waals surface area contributed by atoms with Crippen LogP contribution in [-0.4, -0.2) is 43.0 Å². The fourth-order valence-electron chi connectivity index (χ4n) is 2.62. The molecule has 2 aliphatic heterocycles.